The molecule has 3 aromatic rings. The van der Waals surface area contributed by atoms with Crippen LogP contribution in [0.2, 0.25) is 0 Å². The Kier molecular flexibility index (Phi) is 35.0. The molecular formula is C71H108N11O18P. The van der Waals surface area contributed by atoms with E-state index < -0.39 is 147 Å². The van der Waals surface area contributed by atoms with Crippen LogP contribution in [0.5, 0.6) is 5.75 Å². The van der Waals surface area contributed by atoms with Crippen LogP contribution in [-0.2, 0) is 58.7 Å². The fraction of sp³-hybridized carbons (Fsp3) is 0.592. The van der Waals surface area contributed by atoms with E-state index in [4.69, 9.17) is 40.7 Å². The number of nitrogens with one attached hydrogen (secondary N) is 7. The minimum atomic E-state index is -3.93. The number of carbonyl (C=O) groups is 9. The molecule has 10 amide bonds. The van der Waals surface area contributed by atoms with Crippen LogP contribution in [0.1, 0.15) is 135 Å². The largest absolute Gasteiger partial charge is 0.490 e. The minimum absolute atomic E-state index is 0.000354. The molecule has 3 aromatic carbocycles. The SMILES string of the molecule is C#CP(=O)(Nc1ccc(C(=O)N[C@@H](C(=O)N[C@H](CCCNC(N)=O)C(=O)Nc2ccc(COC(=O)N(C)[C@@H](C(=O)N[C@@H](C(=O)N(C)[C@@H]([C@H](CC(=O)N3CCC[C@@H]3[C@@H](OC)[C@H](C)C(=O)N[C@@H](C)[C@H](O)c3ccccc3)OC)[C@@H](C)CC)C(C)C)C(C)C)cc2)C(C)C)c(OCCO)c1)OCCO. The average molecular weight is 1430 g/mol. The number of anilines is 2. The molecule has 0 radical (unpaired) electrons. The van der Waals surface area contributed by atoms with Crippen LogP contribution in [0.4, 0.5) is 21.0 Å². The number of aliphatic hydroxyl groups excluding tert-OH is 3. The monoisotopic (exact) mass is 1430 g/mol. The van der Waals surface area contributed by atoms with Crippen molar-refractivity contribution in [1.82, 2.24) is 41.3 Å². The predicted molar refractivity (Wildman–Crippen MR) is 381 cm³/mol. The summed E-state index contributed by atoms with van der Waals surface area (Å²) in [6.45, 7) is 16.5. The summed E-state index contributed by atoms with van der Waals surface area (Å²) in [5.74, 6) is -6.27. The lowest BCUT2D eigenvalue weighted by atomic mass is 9.89. The number of rotatable bonds is 41. The van der Waals surface area contributed by atoms with E-state index in [0.717, 1.165) is 4.90 Å². The molecule has 0 spiro atoms. The van der Waals surface area contributed by atoms with E-state index >= 15 is 0 Å². The Morgan fingerprint density at radius 2 is 1.41 bits per heavy atom. The van der Waals surface area contributed by atoms with Crippen LogP contribution >= 0.6 is 7.52 Å². The van der Waals surface area contributed by atoms with Crippen molar-refractivity contribution in [2.24, 2.45) is 35.3 Å². The number of nitrogens with two attached hydrogens (primary N) is 1. The zero-order valence-electron chi connectivity index (χ0n) is 60.7. The van der Waals surface area contributed by atoms with Crippen molar-refractivity contribution >= 4 is 72.4 Å². The molecule has 1 fully saturated rings. The highest BCUT2D eigenvalue weighted by Gasteiger charge is 2.44. The molecule has 101 heavy (non-hydrogen) atoms. The highest BCUT2D eigenvalue weighted by Crippen LogP contribution is 2.46. The van der Waals surface area contributed by atoms with Crippen LogP contribution in [0, 0.1) is 41.7 Å². The number of hydrogen-bond donors (Lipinski definition) is 11. The second-order valence-electron chi connectivity index (χ2n) is 26.3. The van der Waals surface area contributed by atoms with Crippen molar-refractivity contribution in [3.05, 3.63) is 89.5 Å². The maximum Gasteiger partial charge on any atom is 0.410 e. The first-order valence-corrected chi connectivity index (χ1v) is 35.8. The first-order chi connectivity index (χ1) is 47.8. The molecule has 13 atom stereocenters. The standard InChI is InChI=1S/C71H108N11O18P/c1-16-45(9)61(56(96-14)40-57(85)82-34-22-26-54(82)63(97-15)46(10)64(87)74-47(11)62(86)49-23-19-18-20-24-49)80(12)69(92)59(43(5)6)78-68(91)60(44(7)8)81(13)71(94)99-41-48-27-29-50(30-28-48)75-66(89)53(25-21-33-73-70(72)93)76-67(90)58(42(3)4)77-65(88)52-32-31-51(39-55(52)98-37-35-83)79-101(95,17-2)100-38-36-84/h2,18-20,23-24,27-32,39,42-47,53-54,56,58-63,83-84,86H,16,21-22,25-26,33-38,40-41H2,1,3-15H3,(H,74,87)(H,75,89)(H,76,90)(H,77,88)(H,78,91)(H,79,95)(H3,72,73,93)/t45-,46-,47-,53+,54+,56-,58+,59+,60+,61+,62-,63-,101?/m0/s1. The summed E-state index contributed by atoms with van der Waals surface area (Å²) in [6, 6.07) is 12.1. The number of hydrogen-bond acceptors (Lipinski definition) is 18. The number of likely N-dealkylation sites (N-methyl/N-ethyl adjacent to an activating group) is 2. The van der Waals surface area contributed by atoms with E-state index in [1.165, 1.54) is 56.5 Å². The van der Waals surface area contributed by atoms with Gasteiger partial charge in [-0.05, 0) is 91.7 Å². The molecule has 30 heteroatoms. The Labute approximate surface area is 593 Å². The van der Waals surface area contributed by atoms with Gasteiger partial charge in [0.05, 0.1) is 74.2 Å². The molecule has 1 unspecified atom stereocenters. The highest BCUT2D eigenvalue weighted by molar-refractivity contribution is 7.65. The van der Waals surface area contributed by atoms with E-state index in [1.807, 2.05) is 37.7 Å². The van der Waals surface area contributed by atoms with Gasteiger partial charge in [-0.1, -0.05) is 111 Å². The maximum absolute atomic E-state index is 14.8. The van der Waals surface area contributed by atoms with Crippen LogP contribution in [-0.4, -0.2) is 206 Å². The quantitative estimate of drug-likeness (QED) is 0.0190. The Morgan fingerprint density at radius 1 is 0.762 bits per heavy atom. The molecule has 4 rings (SSSR count). The molecular weight excluding hydrogens is 1330 g/mol. The van der Waals surface area contributed by atoms with Crippen LogP contribution in [0.3, 0.4) is 0 Å². The molecule has 1 aliphatic heterocycles. The number of carbonyl (C=O) groups excluding carboxylic acids is 9. The van der Waals surface area contributed by atoms with Crippen molar-refractivity contribution < 1.29 is 86.5 Å². The van der Waals surface area contributed by atoms with Gasteiger partial charge in [0.15, 0.2) is 0 Å². The van der Waals surface area contributed by atoms with E-state index in [0.29, 0.717) is 36.9 Å². The van der Waals surface area contributed by atoms with E-state index in [2.05, 4.69) is 37.0 Å². The molecule has 560 valence electrons. The fourth-order valence-electron chi connectivity index (χ4n) is 12.1. The zero-order valence-corrected chi connectivity index (χ0v) is 61.6. The minimum Gasteiger partial charge on any atom is -0.490 e. The van der Waals surface area contributed by atoms with Gasteiger partial charge in [-0.2, -0.15) is 0 Å². The number of likely N-dealkylation sites (tertiary alicyclic amines) is 1. The van der Waals surface area contributed by atoms with Gasteiger partial charge in [0.25, 0.3) is 5.91 Å². The highest BCUT2D eigenvalue weighted by atomic mass is 31.2. The topological polar surface area (TPSA) is 397 Å². The van der Waals surface area contributed by atoms with Gasteiger partial charge in [-0.15, -0.1) is 6.42 Å². The van der Waals surface area contributed by atoms with Crippen LogP contribution in [0.25, 0.3) is 0 Å². The van der Waals surface area contributed by atoms with E-state index in [1.54, 1.807) is 91.6 Å². The lowest BCUT2D eigenvalue weighted by Crippen LogP contribution is -2.60. The third-order valence-electron chi connectivity index (χ3n) is 17.9. The normalized spacial score (nSPS) is 16.8. The summed E-state index contributed by atoms with van der Waals surface area (Å²) in [5, 5.41) is 48.7. The molecule has 1 aliphatic rings. The van der Waals surface area contributed by atoms with Crippen molar-refractivity contribution in [2.75, 3.05) is 78.2 Å². The zero-order chi connectivity index (χ0) is 75.4. The summed E-state index contributed by atoms with van der Waals surface area (Å²) in [7, 11) is 2.10. The van der Waals surface area contributed by atoms with Gasteiger partial charge in [0, 0.05) is 64.5 Å². The third-order valence-corrected chi connectivity index (χ3v) is 19.3. The number of methoxy groups -OCH3 is 2. The summed E-state index contributed by atoms with van der Waals surface area (Å²) >= 11 is 0. The predicted octanol–water partition coefficient (Wildman–Crippen LogP) is 5.48. The summed E-state index contributed by atoms with van der Waals surface area (Å²) in [4.78, 5) is 129. The van der Waals surface area contributed by atoms with Crippen LogP contribution < -0.4 is 47.5 Å². The van der Waals surface area contributed by atoms with Gasteiger partial charge in [-0.25, -0.2) is 9.59 Å². The smallest absolute Gasteiger partial charge is 0.410 e. The lowest BCUT2D eigenvalue weighted by Gasteiger charge is -2.41. The second kappa shape index (κ2) is 41.5. The molecule has 0 aliphatic carbocycles. The molecule has 29 nitrogen and oxygen atoms in total. The first kappa shape index (κ1) is 85.1. The van der Waals surface area contributed by atoms with Gasteiger partial charge in [-0.3, -0.25) is 43.0 Å². The Morgan fingerprint density at radius 3 is 1.98 bits per heavy atom. The third kappa shape index (κ3) is 25.0. The van der Waals surface area contributed by atoms with Crippen molar-refractivity contribution in [3.8, 4) is 17.8 Å². The van der Waals surface area contributed by atoms with Crippen molar-refractivity contribution in [3.63, 3.8) is 0 Å². The average Bonchev–Trinajstić information content (AvgIpc) is 1.77. The summed E-state index contributed by atoms with van der Waals surface area (Å²) in [5.41, 5.74) is 8.76. The Hall–Kier alpha value is -8.36. The number of nitrogens with zero attached hydrogens (tertiary/aromatic N) is 3. The second-order valence-corrected chi connectivity index (χ2v) is 28.2. The maximum atomic E-state index is 14.8. The number of urea groups is 1. The number of benzene rings is 3. The molecule has 0 saturated carbocycles. The molecule has 0 bridgehead atoms. The molecule has 12 N–H and O–H groups in total. The number of aliphatic hydroxyl groups is 3. The van der Waals surface area contributed by atoms with Gasteiger partial charge < -0.3 is 91.3 Å². The summed E-state index contributed by atoms with van der Waals surface area (Å²) in [6.07, 6.45) is 4.10. The van der Waals surface area contributed by atoms with E-state index in [-0.39, 0.29) is 86.0 Å². The van der Waals surface area contributed by atoms with Crippen molar-refractivity contribution in [1.29, 1.82) is 0 Å². The Bertz CT molecular complexity index is 3300. The Balaban J connectivity index is 1.43. The van der Waals surface area contributed by atoms with Gasteiger partial charge in [0.2, 0.25) is 35.4 Å². The van der Waals surface area contributed by atoms with Crippen LogP contribution in [0.15, 0.2) is 72.8 Å². The number of amides is 10. The molecule has 0 aromatic heterocycles. The number of ether oxygens (including phenoxy) is 4. The van der Waals surface area contributed by atoms with Gasteiger partial charge in [0.1, 0.15) is 43.1 Å². The van der Waals surface area contributed by atoms with Crippen molar-refractivity contribution in [2.45, 2.75) is 175 Å². The molecule has 1 saturated heterocycles. The number of terminal acetylenes is 1. The fourth-order valence-corrected chi connectivity index (χ4v) is 13.2. The number of primary amides is 1. The summed E-state index contributed by atoms with van der Waals surface area (Å²) < 4.78 is 41.5. The lowest BCUT2D eigenvalue weighted by molar-refractivity contribution is -0.148. The van der Waals surface area contributed by atoms with Gasteiger partial charge >= 0.3 is 19.6 Å². The van der Waals surface area contributed by atoms with E-state index in [9.17, 15) is 57.9 Å². The first-order valence-electron chi connectivity index (χ1n) is 34.2. The molecule has 1 heterocycles.